The topological polar surface area (TPSA) is 75.6 Å². The number of ether oxygens (including phenoxy) is 1. The molecule has 3 aromatic rings. The minimum atomic E-state index is -0.997. The van der Waals surface area contributed by atoms with Gasteiger partial charge in [-0.1, -0.05) is 54.6 Å². The Kier molecular flexibility index (Phi) is 7.22. The van der Waals surface area contributed by atoms with Crippen molar-refractivity contribution in [3.63, 3.8) is 0 Å². The summed E-state index contributed by atoms with van der Waals surface area (Å²) in [6.45, 7) is 4.17. The fraction of sp³-hybridized carbons (Fsp3) is 0.154. The minimum Gasteiger partial charge on any atom is -0.491 e. The van der Waals surface area contributed by atoms with Crippen molar-refractivity contribution in [3.8, 4) is 5.75 Å². The molecule has 0 unspecified atom stereocenters. The maximum absolute atomic E-state index is 13.0. The summed E-state index contributed by atoms with van der Waals surface area (Å²) in [6.07, 6.45) is 1.92. The number of nitrogens with one attached hydrogen (secondary N) is 1. The van der Waals surface area contributed by atoms with Gasteiger partial charge in [0.15, 0.2) is 0 Å². The Balaban J connectivity index is 1.82. The largest absolute Gasteiger partial charge is 0.491 e. The van der Waals surface area contributed by atoms with E-state index >= 15 is 0 Å². The predicted octanol–water partition coefficient (Wildman–Crippen LogP) is 5.03. The van der Waals surface area contributed by atoms with E-state index in [1.54, 1.807) is 18.2 Å². The zero-order valence-electron chi connectivity index (χ0n) is 17.5. The standard InChI is InChI=1S/C26H25NO4/c1-18(2)31-23-13-11-19(12-14-23)16-24(21-8-4-3-5-9-21)25(28)27-17-20-7-6-10-22(15-20)26(29)30/h3-16,18H,17H2,1-2H3,(H,27,28)(H,29,30)/b24-16+. The first-order valence-electron chi connectivity index (χ1n) is 10.1. The molecule has 0 saturated carbocycles. The normalized spacial score (nSPS) is 11.3. The molecule has 0 atom stereocenters. The second-order valence-corrected chi connectivity index (χ2v) is 7.35. The monoisotopic (exact) mass is 415 g/mol. The Hall–Kier alpha value is -3.86. The molecular weight excluding hydrogens is 390 g/mol. The van der Waals surface area contributed by atoms with Gasteiger partial charge in [-0.2, -0.15) is 0 Å². The smallest absolute Gasteiger partial charge is 0.335 e. The lowest BCUT2D eigenvalue weighted by Gasteiger charge is -2.11. The van der Waals surface area contributed by atoms with Gasteiger partial charge in [-0.15, -0.1) is 0 Å². The first kappa shape index (κ1) is 21.8. The molecule has 0 aliphatic heterocycles. The van der Waals surface area contributed by atoms with Crippen molar-refractivity contribution in [3.05, 3.63) is 101 Å². The molecule has 0 spiro atoms. The number of hydrogen-bond acceptors (Lipinski definition) is 3. The van der Waals surface area contributed by atoms with Gasteiger partial charge in [-0.05, 0) is 60.9 Å². The summed E-state index contributed by atoms with van der Waals surface area (Å²) in [7, 11) is 0. The van der Waals surface area contributed by atoms with Crippen LogP contribution >= 0.6 is 0 Å². The molecule has 0 saturated heterocycles. The highest BCUT2D eigenvalue weighted by Crippen LogP contribution is 2.21. The molecule has 5 nitrogen and oxygen atoms in total. The van der Waals surface area contributed by atoms with Crippen molar-refractivity contribution in [2.24, 2.45) is 0 Å². The maximum Gasteiger partial charge on any atom is 0.335 e. The van der Waals surface area contributed by atoms with Crippen LogP contribution in [0.25, 0.3) is 11.6 Å². The Bertz CT molecular complexity index is 1070. The van der Waals surface area contributed by atoms with Crippen LogP contribution in [-0.2, 0) is 11.3 Å². The molecule has 0 aliphatic carbocycles. The van der Waals surface area contributed by atoms with Gasteiger partial charge in [-0.25, -0.2) is 4.79 Å². The van der Waals surface area contributed by atoms with Crippen molar-refractivity contribution >= 4 is 23.5 Å². The third kappa shape index (κ3) is 6.31. The van der Waals surface area contributed by atoms with Gasteiger partial charge < -0.3 is 15.2 Å². The Morgan fingerprint density at radius 1 is 0.935 bits per heavy atom. The van der Waals surface area contributed by atoms with Crippen LogP contribution in [0.5, 0.6) is 5.75 Å². The molecule has 0 heterocycles. The van der Waals surface area contributed by atoms with Crippen LogP contribution in [0.3, 0.4) is 0 Å². The van der Waals surface area contributed by atoms with E-state index in [0.29, 0.717) is 5.57 Å². The van der Waals surface area contributed by atoms with Crippen molar-refractivity contribution < 1.29 is 19.4 Å². The zero-order valence-corrected chi connectivity index (χ0v) is 17.5. The lowest BCUT2D eigenvalue weighted by Crippen LogP contribution is -2.24. The van der Waals surface area contributed by atoms with Crippen molar-refractivity contribution in [2.75, 3.05) is 0 Å². The number of aromatic carboxylic acids is 1. The molecule has 0 aliphatic rings. The zero-order chi connectivity index (χ0) is 22.2. The highest BCUT2D eigenvalue weighted by Gasteiger charge is 2.13. The van der Waals surface area contributed by atoms with Gasteiger partial charge >= 0.3 is 5.97 Å². The van der Waals surface area contributed by atoms with Gasteiger partial charge in [0.05, 0.1) is 11.7 Å². The van der Waals surface area contributed by atoms with E-state index in [0.717, 1.165) is 22.4 Å². The number of carbonyl (C=O) groups is 2. The number of benzene rings is 3. The van der Waals surface area contributed by atoms with E-state index in [1.165, 1.54) is 6.07 Å². The van der Waals surface area contributed by atoms with Crippen LogP contribution in [0.1, 0.15) is 40.9 Å². The molecule has 0 radical (unpaired) electrons. The number of carbonyl (C=O) groups excluding carboxylic acids is 1. The van der Waals surface area contributed by atoms with Crippen LogP contribution in [0.15, 0.2) is 78.9 Å². The SMILES string of the molecule is CC(C)Oc1ccc(/C=C(/C(=O)NCc2cccc(C(=O)O)c2)c2ccccc2)cc1. The summed E-state index contributed by atoms with van der Waals surface area (Å²) in [6, 6.07) is 23.5. The highest BCUT2D eigenvalue weighted by atomic mass is 16.5. The fourth-order valence-electron chi connectivity index (χ4n) is 3.07. The van der Waals surface area contributed by atoms with E-state index in [1.807, 2.05) is 74.5 Å². The summed E-state index contributed by atoms with van der Waals surface area (Å²) in [4.78, 5) is 24.2. The fourth-order valence-corrected chi connectivity index (χ4v) is 3.07. The van der Waals surface area contributed by atoms with E-state index < -0.39 is 5.97 Å². The summed E-state index contributed by atoms with van der Waals surface area (Å²) in [5, 5.41) is 12.0. The van der Waals surface area contributed by atoms with Crippen LogP contribution in [0.4, 0.5) is 0 Å². The first-order chi connectivity index (χ1) is 14.9. The lowest BCUT2D eigenvalue weighted by atomic mass is 10.0. The molecule has 0 fully saturated rings. The minimum absolute atomic E-state index is 0.0895. The van der Waals surface area contributed by atoms with Gasteiger partial charge in [0, 0.05) is 12.1 Å². The third-order valence-corrected chi connectivity index (χ3v) is 4.52. The Labute approximate surface area is 182 Å². The van der Waals surface area contributed by atoms with Crippen molar-refractivity contribution in [1.82, 2.24) is 5.32 Å². The van der Waals surface area contributed by atoms with Gasteiger partial charge in [0.25, 0.3) is 5.91 Å². The number of hydrogen-bond donors (Lipinski definition) is 2. The summed E-state index contributed by atoms with van der Waals surface area (Å²) in [5.41, 5.74) is 3.09. The van der Waals surface area contributed by atoms with Gasteiger partial charge in [-0.3, -0.25) is 4.79 Å². The van der Waals surface area contributed by atoms with Crippen molar-refractivity contribution in [1.29, 1.82) is 0 Å². The molecule has 2 N–H and O–H groups in total. The molecule has 3 rings (SSSR count). The first-order valence-corrected chi connectivity index (χ1v) is 10.1. The number of rotatable bonds is 8. The number of amides is 1. The average molecular weight is 415 g/mol. The molecule has 1 amide bonds. The Morgan fingerprint density at radius 3 is 2.26 bits per heavy atom. The number of carboxylic acids is 1. The van der Waals surface area contributed by atoms with Gasteiger partial charge in [0.2, 0.25) is 0 Å². The molecule has 5 heteroatoms. The molecule has 0 bridgehead atoms. The van der Waals surface area contributed by atoms with Crippen molar-refractivity contribution in [2.45, 2.75) is 26.5 Å². The van der Waals surface area contributed by atoms with E-state index in [9.17, 15) is 9.59 Å². The van der Waals surface area contributed by atoms with Crippen LogP contribution < -0.4 is 10.1 Å². The van der Waals surface area contributed by atoms with E-state index in [-0.39, 0.29) is 24.1 Å². The Morgan fingerprint density at radius 2 is 1.61 bits per heavy atom. The average Bonchev–Trinajstić information content (AvgIpc) is 2.77. The second-order valence-electron chi connectivity index (χ2n) is 7.35. The van der Waals surface area contributed by atoms with Crippen LogP contribution in [0, 0.1) is 0 Å². The molecular formula is C26H25NO4. The summed E-state index contributed by atoms with van der Waals surface area (Å²) in [5.74, 6) is -0.464. The molecule has 3 aromatic carbocycles. The van der Waals surface area contributed by atoms with E-state index in [2.05, 4.69) is 5.32 Å². The summed E-state index contributed by atoms with van der Waals surface area (Å²) < 4.78 is 5.68. The third-order valence-electron chi connectivity index (χ3n) is 4.52. The summed E-state index contributed by atoms with van der Waals surface area (Å²) >= 11 is 0. The van der Waals surface area contributed by atoms with Crippen LogP contribution in [0.2, 0.25) is 0 Å². The van der Waals surface area contributed by atoms with Crippen LogP contribution in [-0.4, -0.2) is 23.1 Å². The quantitative estimate of drug-likeness (QED) is 0.400. The second kappa shape index (κ2) is 10.3. The van der Waals surface area contributed by atoms with E-state index in [4.69, 9.17) is 9.84 Å². The predicted molar refractivity (Wildman–Crippen MR) is 122 cm³/mol. The number of carboxylic acid groups (broad SMARTS) is 1. The molecule has 0 aromatic heterocycles. The lowest BCUT2D eigenvalue weighted by molar-refractivity contribution is -0.115. The molecule has 31 heavy (non-hydrogen) atoms. The molecule has 158 valence electrons. The highest BCUT2D eigenvalue weighted by molar-refractivity contribution is 6.24. The van der Waals surface area contributed by atoms with Gasteiger partial charge in [0.1, 0.15) is 5.75 Å². The maximum atomic E-state index is 13.0.